The van der Waals surface area contributed by atoms with E-state index < -0.39 is 7.37 Å². The third kappa shape index (κ3) is 1.87. The molecule has 0 aromatic heterocycles. The number of rotatable bonds is 0. The third-order valence-corrected chi connectivity index (χ3v) is 3.45. The van der Waals surface area contributed by atoms with Gasteiger partial charge in [-0.2, -0.15) is 0 Å². The summed E-state index contributed by atoms with van der Waals surface area (Å²) in [5.74, 6) is 2.78. The van der Waals surface area contributed by atoms with Gasteiger partial charge in [0.15, 0.2) is 0 Å². The largest absolute Gasteiger partial charge is 0.329 e. The van der Waals surface area contributed by atoms with E-state index >= 15 is 0 Å². The lowest BCUT2D eigenvalue weighted by molar-refractivity contribution is 0.273. The first-order valence-electron chi connectivity index (χ1n) is 3.31. The van der Waals surface area contributed by atoms with Crippen molar-refractivity contribution in [2.24, 2.45) is 5.92 Å². The molecule has 10 heavy (non-hydrogen) atoms. The highest BCUT2D eigenvalue weighted by Crippen LogP contribution is 2.47. The third-order valence-electron chi connectivity index (χ3n) is 1.62. The van der Waals surface area contributed by atoms with E-state index in [1.807, 2.05) is 0 Å². The lowest BCUT2D eigenvalue weighted by atomic mass is 10.1. The van der Waals surface area contributed by atoms with Crippen LogP contribution in [0, 0.1) is 18.3 Å². The summed E-state index contributed by atoms with van der Waals surface area (Å²) >= 11 is 0. The standard InChI is InChI=1S/C7H11O2P/c1-3-7-4-5-9-10(2,8)6-7/h1,7H,4-6H2,2H3. The molecule has 0 bridgehead atoms. The Bertz CT molecular complexity index is 204. The van der Waals surface area contributed by atoms with Gasteiger partial charge in [0, 0.05) is 18.7 Å². The Balaban J connectivity index is 2.58. The zero-order valence-corrected chi connectivity index (χ0v) is 6.93. The zero-order chi connectivity index (χ0) is 7.61. The monoisotopic (exact) mass is 158 g/mol. The first-order chi connectivity index (χ1) is 4.64. The van der Waals surface area contributed by atoms with E-state index in [1.165, 1.54) is 0 Å². The molecule has 0 aromatic carbocycles. The van der Waals surface area contributed by atoms with Gasteiger partial charge in [0.25, 0.3) is 0 Å². The van der Waals surface area contributed by atoms with E-state index in [0.29, 0.717) is 12.8 Å². The molecule has 1 rings (SSSR count). The van der Waals surface area contributed by atoms with Crippen LogP contribution in [0.15, 0.2) is 0 Å². The Morgan fingerprint density at radius 3 is 2.90 bits per heavy atom. The van der Waals surface area contributed by atoms with E-state index in [4.69, 9.17) is 10.9 Å². The SMILES string of the molecule is C#CC1CCOP(C)(=O)C1. The topological polar surface area (TPSA) is 26.3 Å². The smallest absolute Gasteiger partial charge is 0.201 e. The molecule has 56 valence electrons. The highest BCUT2D eigenvalue weighted by atomic mass is 31.2. The van der Waals surface area contributed by atoms with Crippen molar-refractivity contribution >= 4 is 7.37 Å². The molecule has 0 amide bonds. The molecule has 1 heterocycles. The van der Waals surface area contributed by atoms with Gasteiger partial charge in [-0.3, -0.25) is 4.57 Å². The first kappa shape index (κ1) is 7.85. The maximum absolute atomic E-state index is 11.3. The minimum atomic E-state index is -2.30. The van der Waals surface area contributed by atoms with Gasteiger partial charge in [-0.25, -0.2) is 0 Å². The van der Waals surface area contributed by atoms with Gasteiger partial charge < -0.3 is 4.52 Å². The number of hydrogen-bond acceptors (Lipinski definition) is 2. The molecule has 0 radical (unpaired) electrons. The molecule has 3 heteroatoms. The van der Waals surface area contributed by atoms with Gasteiger partial charge in [0.1, 0.15) is 0 Å². The summed E-state index contributed by atoms with van der Waals surface area (Å²) in [7, 11) is -2.30. The Morgan fingerprint density at radius 1 is 1.80 bits per heavy atom. The Morgan fingerprint density at radius 2 is 2.50 bits per heavy atom. The first-order valence-corrected chi connectivity index (χ1v) is 5.57. The molecule has 0 aliphatic carbocycles. The van der Waals surface area contributed by atoms with Crippen LogP contribution in [0.3, 0.4) is 0 Å². The highest BCUT2D eigenvalue weighted by Gasteiger charge is 2.26. The fourth-order valence-corrected chi connectivity index (χ4v) is 2.75. The summed E-state index contributed by atoms with van der Waals surface area (Å²) in [6, 6.07) is 0. The summed E-state index contributed by atoms with van der Waals surface area (Å²) in [5.41, 5.74) is 0. The molecule has 0 saturated carbocycles. The summed E-state index contributed by atoms with van der Waals surface area (Å²) in [5, 5.41) is 0. The van der Waals surface area contributed by atoms with Gasteiger partial charge in [0.2, 0.25) is 7.37 Å². The fourth-order valence-electron chi connectivity index (χ4n) is 1.07. The average molecular weight is 158 g/mol. The molecule has 1 fully saturated rings. The van der Waals surface area contributed by atoms with Crippen LogP contribution >= 0.6 is 7.37 Å². The van der Waals surface area contributed by atoms with Crippen LogP contribution in [0.5, 0.6) is 0 Å². The number of terminal acetylenes is 1. The number of hydrogen-bond donors (Lipinski definition) is 0. The van der Waals surface area contributed by atoms with Gasteiger partial charge in [-0.05, 0) is 6.42 Å². The van der Waals surface area contributed by atoms with E-state index in [0.717, 1.165) is 6.42 Å². The van der Waals surface area contributed by atoms with Crippen molar-refractivity contribution in [1.82, 2.24) is 0 Å². The lowest BCUT2D eigenvalue weighted by Crippen LogP contribution is -2.14. The normalized spacial score (nSPS) is 40.6. The van der Waals surface area contributed by atoms with Crippen LogP contribution in [-0.2, 0) is 9.09 Å². The minimum absolute atomic E-state index is 0.171. The van der Waals surface area contributed by atoms with Crippen molar-refractivity contribution in [3.05, 3.63) is 0 Å². The van der Waals surface area contributed by atoms with Gasteiger partial charge in [-0.1, -0.05) is 0 Å². The molecular formula is C7H11O2P. The van der Waals surface area contributed by atoms with Crippen LogP contribution in [0.1, 0.15) is 6.42 Å². The Kier molecular flexibility index (Phi) is 2.18. The average Bonchev–Trinajstić information content (AvgIpc) is 1.86. The van der Waals surface area contributed by atoms with Gasteiger partial charge >= 0.3 is 0 Å². The summed E-state index contributed by atoms with van der Waals surface area (Å²) in [6.07, 6.45) is 6.61. The lowest BCUT2D eigenvalue weighted by Gasteiger charge is -2.23. The van der Waals surface area contributed by atoms with Crippen LogP contribution < -0.4 is 0 Å². The summed E-state index contributed by atoms with van der Waals surface area (Å²) in [6.45, 7) is 2.21. The maximum atomic E-state index is 11.3. The molecule has 2 unspecified atom stereocenters. The van der Waals surface area contributed by atoms with Crippen molar-refractivity contribution < 1.29 is 9.09 Å². The van der Waals surface area contributed by atoms with Crippen LogP contribution in [-0.4, -0.2) is 19.4 Å². The molecule has 1 aliphatic rings. The highest BCUT2D eigenvalue weighted by molar-refractivity contribution is 7.58. The minimum Gasteiger partial charge on any atom is -0.329 e. The molecule has 2 atom stereocenters. The van der Waals surface area contributed by atoms with Crippen molar-refractivity contribution in [3.8, 4) is 12.3 Å². The second kappa shape index (κ2) is 2.78. The molecule has 0 spiro atoms. The van der Waals surface area contributed by atoms with Crippen molar-refractivity contribution in [2.45, 2.75) is 6.42 Å². The second-order valence-corrected chi connectivity index (χ2v) is 5.33. The molecule has 1 saturated heterocycles. The summed E-state index contributed by atoms with van der Waals surface area (Å²) in [4.78, 5) is 0. The van der Waals surface area contributed by atoms with E-state index in [9.17, 15) is 4.57 Å². The van der Waals surface area contributed by atoms with Gasteiger partial charge in [0.05, 0.1) is 6.61 Å². The molecule has 1 aliphatic heterocycles. The molecule has 2 nitrogen and oxygen atoms in total. The van der Waals surface area contributed by atoms with E-state index in [-0.39, 0.29) is 5.92 Å². The second-order valence-electron chi connectivity index (χ2n) is 2.68. The molecule has 0 N–H and O–H groups in total. The Hall–Kier alpha value is -0.250. The van der Waals surface area contributed by atoms with Crippen molar-refractivity contribution in [1.29, 1.82) is 0 Å². The predicted molar refractivity (Wildman–Crippen MR) is 41.3 cm³/mol. The Labute approximate surface area is 61.4 Å². The molecule has 0 aromatic rings. The van der Waals surface area contributed by atoms with E-state index in [1.54, 1.807) is 6.66 Å². The van der Waals surface area contributed by atoms with Crippen LogP contribution in [0.2, 0.25) is 0 Å². The summed E-state index contributed by atoms with van der Waals surface area (Å²) < 4.78 is 16.3. The van der Waals surface area contributed by atoms with Crippen LogP contribution in [0.4, 0.5) is 0 Å². The molecular weight excluding hydrogens is 147 g/mol. The van der Waals surface area contributed by atoms with Crippen molar-refractivity contribution in [2.75, 3.05) is 19.4 Å². The van der Waals surface area contributed by atoms with Crippen LogP contribution in [0.25, 0.3) is 0 Å². The maximum Gasteiger partial charge on any atom is 0.201 e. The van der Waals surface area contributed by atoms with E-state index in [2.05, 4.69) is 5.92 Å². The van der Waals surface area contributed by atoms with Crippen molar-refractivity contribution in [3.63, 3.8) is 0 Å². The zero-order valence-electron chi connectivity index (χ0n) is 6.04. The fraction of sp³-hybridized carbons (Fsp3) is 0.714. The quantitative estimate of drug-likeness (QED) is 0.395. The predicted octanol–water partition coefficient (Wildman–Crippen LogP) is 1.56. The van der Waals surface area contributed by atoms with Gasteiger partial charge in [-0.15, -0.1) is 12.3 Å².